The van der Waals surface area contributed by atoms with E-state index in [9.17, 15) is 0 Å². The number of hydrogen-bond donors (Lipinski definition) is 0. The van der Waals surface area contributed by atoms with Gasteiger partial charge in [0.15, 0.2) is 0 Å². The molecular weight excluding hydrogens is 192 g/mol. The van der Waals surface area contributed by atoms with E-state index >= 15 is 0 Å². The van der Waals surface area contributed by atoms with Crippen molar-refractivity contribution in [1.82, 2.24) is 0 Å². The molecule has 0 saturated heterocycles. The first-order valence-electron chi connectivity index (χ1n) is 6.53. The number of rotatable bonds is 7. The highest BCUT2D eigenvalue weighted by molar-refractivity contribution is 5.32. The molecule has 0 atom stereocenters. The second-order valence-corrected chi connectivity index (χ2v) is 4.43. The molecule has 0 unspecified atom stereocenters. The van der Waals surface area contributed by atoms with E-state index in [1.54, 1.807) is 5.56 Å². The molecule has 0 heterocycles. The fourth-order valence-electron chi connectivity index (χ4n) is 2.13. The molecule has 0 aliphatic carbocycles. The first-order valence-corrected chi connectivity index (χ1v) is 6.53. The highest BCUT2D eigenvalue weighted by Crippen LogP contribution is 2.17. The van der Waals surface area contributed by atoms with E-state index in [1.807, 2.05) is 6.08 Å². The van der Waals surface area contributed by atoms with Crippen molar-refractivity contribution in [2.75, 3.05) is 0 Å². The Morgan fingerprint density at radius 3 is 2.38 bits per heavy atom. The molecule has 16 heavy (non-hydrogen) atoms. The molecule has 1 rings (SSSR count). The Labute approximate surface area is 100 Å². The molecule has 0 amide bonds. The van der Waals surface area contributed by atoms with Crippen LogP contribution in [0.4, 0.5) is 0 Å². The lowest BCUT2D eigenvalue weighted by Gasteiger charge is -2.10. The first-order chi connectivity index (χ1) is 7.81. The minimum atomic E-state index is 1.09. The highest BCUT2D eigenvalue weighted by Gasteiger charge is 2.02. The summed E-state index contributed by atoms with van der Waals surface area (Å²) in [4.78, 5) is 0. The van der Waals surface area contributed by atoms with Gasteiger partial charge in [0.05, 0.1) is 0 Å². The molecule has 0 saturated carbocycles. The highest BCUT2D eigenvalue weighted by atomic mass is 14.1. The molecule has 88 valence electrons. The van der Waals surface area contributed by atoms with Crippen molar-refractivity contribution < 1.29 is 0 Å². The van der Waals surface area contributed by atoms with E-state index in [1.165, 1.54) is 36.8 Å². The zero-order chi connectivity index (χ0) is 11.8. The van der Waals surface area contributed by atoms with Gasteiger partial charge < -0.3 is 0 Å². The normalized spacial score (nSPS) is 10.4. The van der Waals surface area contributed by atoms with Gasteiger partial charge in [0.2, 0.25) is 0 Å². The molecule has 0 aromatic heterocycles. The smallest absolute Gasteiger partial charge is 0.0242 e. The van der Waals surface area contributed by atoms with Gasteiger partial charge in [-0.15, -0.1) is 6.58 Å². The van der Waals surface area contributed by atoms with Crippen LogP contribution in [0.5, 0.6) is 0 Å². The van der Waals surface area contributed by atoms with Crippen LogP contribution in [0.2, 0.25) is 0 Å². The summed E-state index contributed by atoms with van der Waals surface area (Å²) in [6.45, 7) is 8.29. The molecule has 0 heteroatoms. The van der Waals surface area contributed by atoms with Crippen LogP contribution in [-0.4, -0.2) is 0 Å². The van der Waals surface area contributed by atoms with E-state index in [-0.39, 0.29) is 0 Å². The summed E-state index contributed by atoms with van der Waals surface area (Å²) in [5.41, 5.74) is 4.56. The van der Waals surface area contributed by atoms with Crippen LogP contribution in [0, 0.1) is 0 Å². The van der Waals surface area contributed by atoms with Crippen molar-refractivity contribution >= 4 is 0 Å². The van der Waals surface area contributed by atoms with E-state index in [2.05, 4.69) is 38.6 Å². The van der Waals surface area contributed by atoms with Crippen LogP contribution >= 0.6 is 0 Å². The van der Waals surface area contributed by atoms with E-state index in [0.29, 0.717) is 0 Å². The topological polar surface area (TPSA) is 0 Å². The quantitative estimate of drug-likeness (QED) is 0.579. The van der Waals surface area contributed by atoms with Crippen LogP contribution in [-0.2, 0) is 19.3 Å². The Hall–Kier alpha value is -1.04. The minimum absolute atomic E-state index is 1.09. The van der Waals surface area contributed by atoms with Gasteiger partial charge in [-0.25, -0.2) is 0 Å². The zero-order valence-electron chi connectivity index (χ0n) is 10.8. The van der Waals surface area contributed by atoms with Gasteiger partial charge >= 0.3 is 0 Å². The predicted octanol–water partition coefficient (Wildman–Crippen LogP) is 4.71. The third-order valence-corrected chi connectivity index (χ3v) is 2.95. The van der Waals surface area contributed by atoms with Crippen molar-refractivity contribution in [1.29, 1.82) is 0 Å². The average molecular weight is 216 g/mol. The van der Waals surface area contributed by atoms with Crippen molar-refractivity contribution in [3.05, 3.63) is 47.5 Å². The fraction of sp³-hybridized carbons (Fsp3) is 0.500. The van der Waals surface area contributed by atoms with Crippen LogP contribution < -0.4 is 0 Å². The number of hydrogen-bond acceptors (Lipinski definition) is 0. The third kappa shape index (κ3) is 3.84. The standard InChI is InChI=1S/C16H24/c1-4-7-10-15-12-11-14(8-5-2)13-16(15)9-6-3/h4,11-13H,1,5-10H2,2-3H3. The van der Waals surface area contributed by atoms with Crippen molar-refractivity contribution in [3.63, 3.8) is 0 Å². The van der Waals surface area contributed by atoms with Crippen molar-refractivity contribution in [2.24, 2.45) is 0 Å². The maximum absolute atomic E-state index is 3.80. The monoisotopic (exact) mass is 216 g/mol. The molecule has 0 nitrogen and oxygen atoms in total. The molecule has 0 bridgehead atoms. The molecule has 1 aromatic rings. The van der Waals surface area contributed by atoms with Crippen LogP contribution in [0.1, 0.15) is 49.8 Å². The number of aryl methyl sites for hydroxylation is 3. The minimum Gasteiger partial charge on any atom is -0.103 e. The molecule has 0 N–H and O–H groups in total. The van der Waals surface area contributed by atoms with E-state index in [0.717, 1.165) is 12.8 Å². The Morgan fingerprint density at radius 1 is 1.00 bits per heavy atom. The van der Waals surface area contributed by atoms with Gasteiger partial charge in [0.1, 0.15) is 0 Å². The summed E-state index contributed by atoms with van der Waals surface area (Å²) in [6.07, 6.45) is 9.13. The van der Waals surface area contributed by atoms with Gasteiger partial charge in [-0.3, -0.25) is 0 Å². The maximum atomic E-state index is 3.80. The van der Waals surface area contributed by atoms with Gasteiger partial charge in [-0.2, -0.15) is 0 Å². The Balaban J connectivity index is 2.84. The van der Waals surface area contributed by atoms with Crippen LogP contribution in [0.15, 0.2) is 30.9 Å². The van der Waals surface area contributed by atoms with Gasteiger partial charge in [0.25, 0.3) is 0 Å². The lowest BCUT2D eigenvalue weighted by atomic mass is 9.95. The molecule has 0 radical (unpaired) electrons. The number of benzene rings is 1. The SMILES string of the molecule is C=CCCc1ccc(CCC)cc1CCC. The molecule has 0 aliphatic heterocycles. The van der Waals surface area contributed by atoms with Gasteiger partial charge in [-0.05, 0) is 42.4 Å². The summed E-state index contributed by atoms with van der Waals surface area (Å²) in [5, 5.41) is 0. The summed E-state index contributed by atoms with van der Waals surface area (Å²) in [7, 11) is 0. The lowest BCUT2D eigenvalue weighted by molar-refractivity contribution is 0.867. The second-order valence-electron chi connectivity index (χ2n) is 4.43. The molecular formula is C16H24. The van der Waals surface area contributed by atoms with Crippen LogP contribution in [0.3, 0.4) is 0 Å². The second kappa shape index (κ2) is 7.27. The Morgan fingerprint density at radius 2 is 1.75 bits per heavy atom. The van der Waals surface area contributed by atoms with Crippen molar-refractivity contribution in [2.45, 2.75) is 52.4 Å². The predicted molar refractivity (Wildman–Crippen MR) is 73.0 cm³/mol. The Bertz CT molecular complexity index is 323. The fourth-order valence-corrected chi connectivity index (χ4v) is 2.13. The zero-order valence-corrected chi connectivity index (χ0v) is 10.8. The van der Waals surface area contributed by atoms with Gasteiger partial charge in [0, 0.05) is 0 Å². The number of allylic oxidation sites excluding steroid dienone is 1. The van der Waals surface area contributed by atoms with Crippen LogP contribution in [0.25, 0.3) is 0 Å². The third-order valence-electron chi connectivity index (χ3n) is 2.95. The lowest BCUT2D eigenvalue weighted by Crippen LogP contribution is -1.96. The van der Waals surface area contributed by atoms with E-state index in [4.69, 9.17) is 0 Å². The summed E-state index contributed by atoms with van der Waals surface area (Å²) in [6, 6.07) is 7.02. The van der Waals surface area contributed by atoms with E-state index < -0.39 is 0 Å². The maximum Gasteiger partial charge on any atom is -0.0242 e. The average Bonchev–Trinajstić information content (AvgIpc) is 2.29. The largest absolute Gasteiger partial charge is 0.103 e. The Kier molecular flexibility index (Phi) is 5.92. The molecule has 0 aliphatic rings. The van der Waals surface area contributed by atoms with Crippen molar-refractivity contribution in [3.8, 4) is 0 Å². The van der Waals surface area contributed by atoms with Gasteiger partial charge in [-0.1, -0.05) is 51.0 Å². The molecule has 0 spiro atoms. The molecule has 1 aromatic carbocycles. The summed E-state index contributed by atoms with van der Waals surface area (Å²) in [5.74, 6) is 0. The summed E-state index contributed by atoms with van der Waals surface area (Å²) >= 11 is 0. The summed E-state index contributed by atoms with van der Waals surface area (Å²) < 4.78 is 0. The first kappa shape index (κ1) is 13.0. The molecule has 0 fully saturated rings.